The molecule has 4 aromatic heterocycles. The predicted molar refractivity (Wildman–Crippen MR) is 240 cm³/mol. The molecule has 7 aromatic rings. The number of nitrogens with two attached hydrogens (primary N) is 2. The minimum absolute atomic E-state index is 0. The van der Waals surface area contributed by atoms with Gasteiger partial charge in [0.2, 0.25) is 0 Å². The average molecular weight is 836 g/mol. The fraction of sp³-hybridized carbons (Fsp3) is 0.174. The number of hydrogen-bond donors (Lipinski definition) is 5. The molecule has 1 aliphatic rings. The Labute approximate surface area is 391 Å². The number of nitrogen functional groups attached to an aromatic ring is 1. The molecule has 62 heavy (non-hydrogen) atoms. The number of hydrogen-bond acceptors (Lipinski definition) is 10. The molecule has 1 aliphatic heterocycles. The van der Waals surface area contributed by atoms with Crippen molar-refractivity contribution in [3.05, 3.63) is 217 Å². The molecule has 0 radical (unpaired) electrons. The maximum atomic E-state index is 9.96. The van der Waals surface area contributed by atoms with Gasteiger partial charge in [-0.3, -0.25) is 8.78 Å². The Morgan fingerprint density at radius 3 is 1.24 bits per heavy atom. The first-order valence-corrected chi connectivity index (χ1v) is 18.2. The first kappa shape index (κ1) is 54.4. The van der Waals surface area contributed by atoms with Crippen molar-refractivity contribution < 1.29 is 64.2 Å². The van der Waals surface area contributed by atoms with Crippen molar-refractivity contribution in [2.24, 2.45) is 0 Å². The summed E-state index contributed by atoms with van der Waals surface area (Å²) < 4.78 is 36.1. The van der Waals surface area contributed by atoms with Crippen LogP contribution in [0.5, 0.6) is 0 Å². The number of benzene rings is 3. The number of anilines is 3. The minimum Gasteiger partial charge on any atom is -0.693 e. The van der Waals surface area contributed by atoms with Gasteiger partial charge >= 0.3 is 37.7 Å². The number of ether oxygens (including phenoxy) is 1. The molecular formula is C46H55F2Li2N9O3. The van der Waals surface area contributed by atoms with E-state index in [0.29, 0.717) is 30.8 Å². The summed E-state index contributed by atoms with van der Waals surface area (Å²) >= 11 is 0. The molecule has 12 nitrogen and oxygen atoms in total. The van der Waals surface area contributed by atoms with Crippen LogP contribution in [0.2, 0.25) is 0 Å². The third-order valence-corrected chi connectivity index (χ3v) is 7.51. The van der Waals surface area contributed by atoms with E-state index in [1.165, 1.54) is 5.56 Å². The van der Waals surface area contributed by atoms with Crippen molar-refractivity contribution >= 4 is 23.3 Å². The normalized spacial score (nSPS) is 12.2. The van der Waals surface area contributed by atoms with E-state index < -0.39 is 26.5 Å². The number of alkyl halides is 2. The van der Waals surface area contributed by atoms with Crippen molar-refractivity contribution in [1.82, 2.24) is 19.9 Å². The van der Waals surface area contributed by atoms with Crippen molar-refractivity contribution in [1.29, 1.82) is 0 Å². The van der Waals surface area contributed by atoms with Crippen LogP contribution in [0.4, 0.5) is 32.1 Å². The third kappa shape index (κ3) is 27.2. The number of aromatic nitrogens is 4. The fourth-order valence-corrected chi connectivity index (χ4v) is 4.57. The van der Waals surface area contributed by atoms with E-state index >= 15 is 0 Å². The Bertz CT molecular complexity index is 1900. The van der Waals surface area contributed by atoms with Gasteiger partial charge in [-0.1, -0.05) is 139 Å². The molecule has 0 spiro atoms. The zero-order valence-electron chi connectivity index (χ0n) is 37.2. The number of pyridine rings is 4. The quantitative estimate of drug-likeness (QED) is 0.101. The molecule has 8 rings (SSSR count). The van der Waals surface area contributed by atoms with Crippen molar-refractivity contribution in [2.75, 3.05) is 50.4 Å². The molecule has 3 atom stereocenters. The minimum atomic E-state index is -1.00. The van der Waals surface area contributed by atoms with Gasteiger partial charge in [-0.05, 0) is 53.1 Å². The van der Waals surface area contributed by atoms with Crippen LogP contribution in [0, 0.1) is 0 Å². The molecule has 9 N–H and O–H groups in total. The molecule has 5 heterocycles. The largest absolute Gasteiger partial charge is 1.00 e. The van der Waals surface area contributed by atoms with Gasteiger partial charge in [0.1, 0.15) is 23.6 Å². The Kier molecular flexibility index (Phi) is 33.6. The SMILES string of the molecule is Nc1ccccn1.O[C@H](CNc1ccccn1)c1ccccc1.O[C@H](CNc1ccccn1)c1ccccc1.[2H]CF.[2H]CF.[Li+].[Li+].[NH-]c1ccccn1.[NH2-].c1ccc([C@H]2CO2)cc1. The van der Waals surface area contributed by atoms with Gasteiger partial charge in [0, 0.05) is 31.7 Å². The molecule has 318 valence electrons. The summed E-state index contributed by atoms with van der Waals surface area (Å²) in [5.74, 6) is 2.44. The summed E-state index contributed by atoms with van der Waals surface area (Å²) in [5, 5.41) is 25.9. The summed E-state index contributed by atoms with van der Waals surface area (Å²) in [5.41, 5.74) is 15.3. The van der Waals surface area contributed by atoms with Gasteiger partial charge in [0.15, 0.2) is 0 Å². The van der Waals surface area contributed by atoms with Crippen LogP contribution in [0.15, 0.2) is 189 Å². The molecule has 16 heteroatoms. The zero-order valence-corrected chi connectivity index (χ0v) is 35.2. The summed E-state index contributed by atoms with van der Waals surface area (Å²) in [7, 11) is -2.00. The summed E-state index contributed by atoms with van der Waals surface area (Å²) in [6.45, 7) is 1.83. The second-order valence-corrected chi connectivity index (χ2v) is 11.7. The Morgan fingerprint density at radius 1 is 0.613 bits per heavy atom. The Morgan fingerprint density at radius 2 is 0.968 bits per heavy atom. The molecule has 0 bridgehead atoms. The molecule has 0 unspecified atom stereocenters. The topological polar surface area (TPSA) is 212 Å². The molecule has 0 amide bonds. The number of epoxide rings is 1. The number of nitrogens with one attached hydrogen (secondary N) is 3. The zero-order chi connectivity index (χ0) is 44.2. The smallest absolute Gasteiger partial charge is 0.693 e. The van der Waals surface area contributed by atoms with Crippen molar-refractivity contribution in [3.8, 4) is 0 Å². The van der Waals surface area contributed by atoms with Crippen molar-refractivity contribution in [3.63, 3.8) is 0 Å². The number of aliphatic hydroxyl groups excluding tert-OH is 2. The van der Waals surface area contributed by atoms with E-state index in [4.69, 9.17) is 18.9 Å². The predicted octanol–water partition coefficient (Wildman–Crippen LogP) is 4.54. The molecule has 0 aliphatic carbocycles. The summed E-state index contributed by atoms with van der Waals surface area (Å²) in [6, 6.07) is 51.4. The van der Waals surface area contributed by atoms with Gasteiger partial charge in [-0.25, -0.2) is 15.0 Å². The Balaban J connectivity index is 0. The first-order valence-electron chi connectivity index (χ1n) is 19.6. The van der Waals surface area contributed by atoms with Crippen LogP contribution in [0.25, 0.3) is 11.9 Å². The van der Waals surface area contributed by atoms with Gasteiger partial charge in [-0.15, -0.1) is 0 Å². The van der Waals surface area contributed by atoms with E-state index in [1.807, 2.05) is 127 Å². The van der Waals surface area contributed by atoms with Crippen LogP contribution >= 0.6 is 0 Å². The van der Waals surface area contributed by atoms with Crippen LogP contribution in [-0.4, -0.2) is 64.2 Å². The molecule has 0 saturated carbocycles. The second-order valence-electron chi connectivity index (χ2n) is 11.7. The second kappa shape index (κ2) is 38.3. The van der Waals surface area contributed by atoms with E-state index in [-0.39, 0.29) is 43.9 Å². The first-order chi connectivity index (χ1) is 29.8. The van der Waals surface area contributed by atoms with E-state index in [2.05, 4.69) is 42.7 Å². The molecule has 3 aromatic carbocycles. The third-order valence-electron chi connectivity index (χ3n) is 7.51. The van der Waals surface area contributed by atoms with Gasteiger partial charge in [0.25, 0.3) is 0 Å². The van der Waals surface area contributed by atoms with E-state index in [1.54, 1.807) is 49.1 Å². The maximum Gasteiger partial charge on any atom is 1.00 e. The summed E-state index contributed by atoms with van der Waals surface area (Å²) in [4.78, 5) is 15.6. The maximum absolute atomic E-state index is 9.96. The van der Waals surface area contributed by atoms with Gasteiger partial charge in [-0.2, -0.15) is 0 Å². The Hall–Kier alpha value is -5.65. The van der Waals surface area contributed by atoms with Crippen LogP contribution in [-0.2, 0) is 4.74 Å². The van der Waals surface area contributed by atoms with Gasteiger partial charge < -0.3 is 48.2 Å². The van der Waals surface area contributed by atoms with Crippen molar-refractivity contribution in [2.45, 2.75) is 18.3 Å². The standard InChI is InChI=1S/2C13H14N2O.C8H8O.C5H6N2.C5H5N2.2CH3F.2Li.H2N/c2*16-12(11-6-2-1-3-7-11)10-15-13-8-4-5-9-14-13;1-2-4-7(5-3-1)8-6-9-8;2*6-5-3-1-2-4-7-5;2*1-2;;;/h2*1-9,12,16H,10H2,(H,14,15);1-5,8H,6H2;1-4H,(H2,6,7);1-4H,(H-,6,7);2*1H3;;;1H2/q;;;;-1;;;2*+1;-1/t2*12-;8-;;;;;;;/m111......./s1/i;;;;;2*1D;;;. The number of nitrogens with zero attached hydrogens (tertiary/aromatic N) is 4. The number of rotatable bonds is 9. The molecule has 1 fully saturated rings. The van der Waals surface area contributed by atoms with Crippen LogP contribution in [0.1, 0.15) is 37.7 Å². The monoisotopic (exact) mass is 835 g/mol. The molecular weight excluding hydrogens is 778 g/mol. The number of halogens is 2. The van der Waals surface area contributed by atoms with Crippen LogP contribution < -0.4 is 54.1 Å². The van der Waals surface area contributed by atoms with Gasteiger partial charge in [0.05, 0.1) is 35.9 Å². The van der Waals surface area contributed by atoms with Crippen LogP contribution in [0.3, 0.4) is 0 Å². The molecule has 1 saturated heterocycles. The number of aliphatic hydroxyl groups is 2. The van der Waals surface area contributed by atoms with E-state index in [9.17, 15) is 19.0 Å². The fourth-order valence-electron chi connectivity index (χ4n) is 4.57. The van der Waals surface area contributed by atoms with E-state index in [0.717, 1.165) is 29.4 Å². The summed E-state index contributed by atoms with van der Waals surface area (Å²) in [6.07, 6.45) is 6.09. The average Bonchev–Trinajstić information content (AvgIpc) is 4.17.